The molecule has 0 radical (unpaired) electrons. The smallest absolute Gasteiger partial charge is 0.227 e. The first-order valence-electron chi connectivity index (χ1n) is 10.1. The standard InChI is InChI=1S/C22H28N4OS/c1-14(2)13-26-16(4)17(15(3)24-26)12-21(27)25-11-7-9-19(25)22-23-18-8-5-6-10-20(18)28-22/h5-6,8,10,14,19H,7,9,11-13H2,1-4H3. The summed E-state index contributed by atoms with van der Waals surface area (Å²) in [6, 6.07) is 8.32. The summed E-state index contributed by atoms with van der Waals surface area (Å²) >= 11 is 1.72. The number of aromatic nitrogens is 3. The number of hydrogen-bond donors (Lipinski definition) is 0. The Labute approximate surface area is 170 Å². The largest absolute Gasteiger partial charge is 0.333 e. The molecule has 4 rings (SSSR count). The molecule has 0 N–H and O–H groups in total. The molecule has 1 atom stereocenters. The SMILES string of the molecule is Cc1nn(CC(C)C)c(C)c1CC(=O)N1CCCC1c1nc2ccccc2s1. The molecule has 6 heteroatoms. The summed E-state index contributed by atoms with van der Waals surface area (Å²) in [5.74, 6) is 0.723. The van der Waals surface area contributed by atoms with E-state index in [0.29, 0.717) is 12.3 Å². The van der Waals surface area contributed by atoms with Gasteiger partial charge in [-0.05, 0) is 44.7 Å². The molecular formula is C22H28N4OS. The van der Waals surface area contributed by atoms with Gasteiger partial charge in [0.1, 0.15) is 5.01 Å². The van der Waals surface area contributed by atoms with E-state index in [1.807, 2.05) is 30.0 Å². The Morgan fingerprint density at radius 2 is 2.07 bits per heavy atom. The molecule has 1 aliphatic heterocycles. The first-order chi connectivity index (χ1) is 13.4. The van der Waals surface area contributed by atoms with Crippen LogP contribution in [0.25, 0.3) is 10.2 Å². The van der Waals surface area contributed by atoms with Gasteiger partial charge in [0, 0.05) is 24.3 Å². The second kappa shape index (κ2) is 7.66. The van der Waals surface area contributed by atoms with Crippen molar-refractivity contribution in [3.05, 3.63) is 46.2 Å². The van der Waals surface area contributed by atoms with E-state index < -0.39 is 0 Å². The van der Waals surface area contributed by atoms with E-state index in [1.54, 1.807) is 11.3 Å². The molecule has 1 amide bonds. The monoisotopic (exact) mass is 396 g/mol. The summed E-state index contributed by atoms with van der Waals surface area (Å²) in [5, 5.41) is 5.74. The average Bonchev–Trinajstić information content (AvgIpc) is 3.35. The van der Waals surface area contributed by atoms with Gasteiger partial charge in [-0.3, -0.25) is 9.48 Å². The van der Waals surface area contributed by atoms with Crippen LogP contribution in [0.5, 0.6) is 0 Å². The second-order valence-electron chi connectivity index (χ2n) is 8.17. The minimum Gasteiger partial charge on any atom is -0.333 e. The lowest BCUT2D eigenvalue weighted by molar-refractivity contribution is -0.131. The van der Waals surface area contributed by atoms with Crippen molar-refractivity contribution in [2.24, 2.45) is 5.92 Å². The molecule has 3 heterocycles. The Morgan fingerprint density at radius 1 is 1.29 bits per heavy atom. The molecule has 0 spiro atoms. The lowest BCUT2D eigenvalue weighted by atomic mass is 10.1. The first kappa shape index (κ1) is 19.1. The van der Waals surface area contributed by atoms with Crippen LogP contribution in [-0.2, 0) is 17.8 Å². The topological polar surface area (TPSA) is 51.0 Å². The number of carbonyl (C=O) groups excluding carboxylic acids is 1. The second-order valence-corrected chi connectivity index (χ2v) is 9.23. The molecule has 28 heavy (non-hydrogen) atoms. The minimum atomic E-state index is 0.108. The molecule has 0 saturated carbocycles. The zero-order chi connectivity index (χ0) is 19.8. The number of benzene rings is 1. The molecule has 5 nitrogen and oxygen atoms in total. The van der Waals surface area contributed by atoms with E-state index in [4.69, 9.17) is 4.98 Å². The summed E-state index contributed by atoms with van der Waals surface area (Å²) in [6.07, 6.45) is 2.46. The fourth-order valence-electron chi connectivity index (χ4n) is 4.12. The molecule has 0 aliphatic carbocycles. The van der Waals surface area contributed by atoms with Crippen molar-refractivity contribution in [1.82, 2.24) is 19.7 Å². The van der Waals surface area contributed by atoms with Crippen LogP contribution in [0.2, 0.25) is 0 Å². The lowest BCUT2D eigenvalue weighted by Gasteiger charge is -2.23. The molecule has 148 valence electrons. The average molecular weight is 397 g/mol. The Morgan fingerprint density at radius 3 is 2.82 bits per heavy atom. The molecule has 1 unspecified atom stereocenters. The van der Waals surface area contributed by atoms with Gasteiger partial charge in [-0.1, -0.05) is 26.0 Å². The van der Waals surface area contributed by atoms with Gasteiger partial charge in [0.25, 0.3) is 0 Å². The maximum Gasteiger partial charge on any atom is 0.227 e. The first-order valence-corrected chi connectivity index (χ1v) is 10.9. The van der Waals surface area contributed by atoms with Crippen LogP contribution in [0.4, 0.5) is 0 Å². The highest BCUT2D eigenvalue weighted by Crippen LogP contribution is 2.37. The van der Waals surface area contributed by atoms with Crippen molar-refractivity contribution >= 4 is 27.5 Å². The molecule has 1 saturated heterocycles. The van der Waals surface area contributed by atoms with Gasteiger partial charge >= 0.3 is 0 Å². The third kappa shape index (κ3) is 3.58. The summed E-state index contributed by atoms with van der Waals surface area (Å²) < 4.78 is 3.25. The zero-order valence-corrected chi connectivity index (χ0v) is 17.9. The number of carbonyl (C=O) groups is 1. The molecule has 1 fully saturated rings. The quantitative estimate of drug-likeness (QED) is 0.630. The van der Waals surface area contributed by atoms with E-state index in [2.05, 4.69) is 36.6 Å². The number of thiazole rings is 1. The Hall–Kier alpha value is -2.21. The molecule has 3 aromatic rings. The van der Waals surface area contributed by atoms with Crippen molar-refractivity contribution in [2.75, 3.05) is 6.54 Å². The maximum atomic E-state index is 13.2. The number of amides is 1. The molecule has 1 aliphatic rings. The van der Waals surface area contributed by atoms with E-state index in [0.717, 1.165) is 53.4 Å². The highest BCUT2D eigenvalue weighted by Gasteiger charge is 2.33. The van der Waals surface area contributed by atoms with Crippen LogP contribution in [0.15, 0.2) is 24.3 Å². The van der Waals surface area contributed by atoms with E-state index in [1.165, 1.54) is 4.70 Å². The van der Waals surface area contributed by atoms with Gasteiger partial charge < -0.3 is 4.90 Å². The zero-order valence-electron chi connectivity index (χ0n) is 17.1. The Kier molecular flexibility index (Phi) is 5.23. The highest BCUT2D eigenvalue weighted by molar-refractivity contribution is 7.18. The van der Waals surface area contributed by atoms with Gasteiger partial charge in [0.15, 0.2) is 0 Å². The highest BCUT2D eigenvalue weighted by atomic mass is 32.1. The maximum absolute atomic E-state index is 13.2. The predicted molar refractivity (Wildman–Crippen MR) is 114 cm³/mol. The van der Waals surface area contributed by atoms with Crippen LogP contribution in [-0.4, -0.2) is 32.1 Å². The Bertz CT molecular complexity index is 970. The normalized spacial score (nSPS) is 17.2. The van der Waals surface area contributed by atoms with Crippen molar-refractivity contribution < 1.29 is 4.79 Å². The minimum absolute atomic E-state index is 0.108. The molecule has 1 aromatic carbocycles. The van der Waals surface area contributed by atoms with Crippen LogP contribution >= 0.6 is 11.3 Å². The van der Waals surface area contributed by atoms with E-state index in [-0.39, 0.29) is 11.9 Å². The number of hydrogen-bond acceptors (Lipinski definition) is 4. The van der Waals surface area contributed by atoms with Crippen molar-refractivity contribution in [3.8, 4) is 0 Å². The van der Waals surface area contributed by atoms with Crippen LogP contribution in [0.3, 0.4) is 0 Å². The van der Waals surface area contributed by atoms with Crippen molar-refractivity contribution in [3.63, 3.8) is 0 Å². The van der Waals surface area contributed by atoms with Gasteiger partial charge in [-0.2, -0.15) is 5.10 Å². The van der Waals surface area contributed by atoms with Crippen LogP contribution < -0.4 is 0 Å². The summed E-state index contributed by atoms with van der Waals surface area (Å²) in [6.45, 7) is 10.2. The lowest BCUT2D eigenvalue weighted by Crippen LogP contribution is -2.32. The van der Waals surface area contributed by atoms with E-state index in [9.17, 15) is 4.79 Å². The van der Waals surface area contributed by atoms with Crippen molar-refractivity contribution in [1.29, 1.82) is 0 Å². The fraction of sp³-hybridized carbons (Fsp3) is 0.500. The Balaban J connectivity index is 1.55. The predicted octanol–water partition coefficient (Wildman–Crippen LogP) is 4.67. The van der Waals surface area contributed by atoms with E-state index >= 15 is 0 Å². The number of rotatable bonds is 5. The third-order valence-corrected chi connectivity index (χ3v) is 6.70. The van der Waals surface area contributed by atoms with Gasteiger partial charge in [0.05, 0.1) is 28.4 Å². The number of aryl methyl sites for hydroxylation is 1. The van der Waals surface area contributed by atoms with Gasteiger partial charge in [-0.25, -0.2) is 4.98 Å². The number of nitrogens with zero attached hydrogens (tertiary/aromatic N) is 4. The van der Waals surface area contributed by atoms with Crippen molar-refractivity contribution in [2.45, 2.75) is 59.5 Å². The summed E-state index contributed by atoms with van der Waals surface area (Å²) in [5.41, 5.74) is 4.21. The van der Waals surface area contributed by atoms with Crippen LogP contribution in [0, 0.1) is 19.8 Å². The summed E-state index contributed by atoms with van der Waals surface area (Å²) in [4.78, 5) is 20.1. The fourth-order valence-corrected chi connectivity index (χ4v) is 5.24. The van der Waals surface area contributed by atoms with Gasteiger partial charge in [-0.15, -0.1) is 11.3 Å². The number of para-hydroxylation sites is 1. The number of likely N-dealkylation sites (tertiary alicyclic amines) is 1. The molecular weight excluding hydrogens is 368 g/mol. The summed E-state index contributed by atoms with van der Waals surface area (Å²) in [7, 11) is 0. The van der Waals surface area contributed by atoms with Crippen LogP contribution in [0.1, 0.15) is 54.7 Å². The number of fused-ring (bicyclic) bond motifs is 1. The molecule has 0 bridgehead atoms. The van der Waals surface area contributed by atoms with Gasteiger partial charge in [0.2, 0.25) is 5.91 Å². The molecule has 2 aromatic heterocycles. The third-order valence-electron chi connectivity index (χ3n) is 5.57.